The Bertz CT molecular complexity index is 534. The molecule has 0 atom stereocenters. The minimum absolute atomic E-state index is 0.214. The molecule has 0 unspecified atom stereocenters. The molecule has 2 rings (SSSR count). The Kier molecular flexibility index (Phi) is 3.15. The number of hydrogen-bond donors (Lipinski definition) is 2. The summed E-state index contributed by atoms with van der Waals surface area (Å²) in [6, 6.07) is 3.30. The summed E-state index contributed by atoms with van der Waals surface area (Å²) >= 11 is 0. The summed E-state index contributed by atoms with van der Waals surface area (Å²) in [5.74, 6) is -0.0164. The van der Waals surface area contributed by atoms with Crippen molar-refractivity contribution in [2.45, 2.75) is 6.54 Å². The zero-order chi connectivity index (χ0) is 12.3. The molecule has 0 radical (unpaired) electrons. The first kappa shape index (κ1) is 11.3. The van der Waals surface area contributed by atoms with Crippen LogP contribution in [-0.2, 0) is 6.54 Å². The predicted octanol–water partition coefficient (Wildman–Crippen LogP) is 0.0500. The lowest BCUT2D eigenvalue weighted by molar-refractivity contribution is 0.103. The van der Waals surface area contributed by atoms with E-state index in [2.05, 4.69) is 9.97 Å². The average Bonchev–Trinajstić information content (AvgIpc) is 2.78. The molecule has 17 heavy (non-hydrogen) atoms. The van der Waals surface area contributed by atoms with Crippen molar-refractivity contribution >= 4 is 11.6 Å². The van der Waals surface area contributed by atoms with Crippen LogP contribution in [0.3, 0.4) is 0 Å². The Morgan fingerprint density at radius 2 is 2.24 bits per heavy atom. The zero-order valence-electron chi connectivity index (χ0n) is 9.21. The van der Waals surface area contributed by atoms with Crippen LogP contribution in [0.5, 0.6) is 0 Å². The van der Waals surface area contributed by atoms with Crippen molar-refractivity contribution in [1.29, 1.82) is 0 Å². The highest BCUT2D eigenvalue weighted by atomic mass is 16.1. The molecule has 0 aliphatic rings. The maximum atomic E-state index is 12.1. The van der Waals surface area contributed by atoms with E-state index < -0.39 is 0 Å². The molecule has 0 fully saturated rings. The number of nitrogens with zero attached hydrogens (tertiary/aromatic N) is 3. The van der Waals surface area contributed by atoms with E-state index in [4.69, 9.17) is 11.5 Å². The quantitative estimate of drug-likeness (QED) is 0.724. The molecule has 2 heterocycles. The highest BCUT2D eigenvalue weighted by Crippen LogP contribution is 2.12. The van der Waals surface area contributed by atoms with E-state index in [1.807, 2.05) is 0 Å². The second-order valence-electron chi connectivity index (χ2n) is 3.55. The van der Waals surface area contributed by atoms with Gasteiger partial charge in [0.05, 0.1) is 11.9 Å². The molecule has 0 amide bonds. The van der Waals surface area contributed by atoms with Gasteiger partial charge in [-0.25, -0.2) is 9.97 Å². The summed E-state index contributed by atoms with van der Waals surface area (Å²) in [6.45, 7) is 1.13. The topological polar surface area (TPSA) is 99.8 Å². The van der Waals surface area contributed by atoms with Gasteiger partial charge in [-0.05, 0) is 12.1 Å². The van der Waals surface area contributed by atoms with Crippen LogP contribution in [0.4, 0.5) is 5.82 Å². The maximum Gasteiger partial charge on any atom is 0.216 e. The number of carbonyl (C=O) groups excluding carboxylic acids is 1. The minimum atomic E-state index is -0.230. The Morgan fingerprint density at radius 1 is 1.41 bits per heavy atom. The van der Waals surface area contributed by atoms with E-state index in [1.165, 1.54) is 0 Å². The van der Waals surface area contributed by atoms with Gasteiger partial charge in [-0.3, -0.25) is 4.79 Å². The first-order valence-electron chi connectivity index (χ1n) is 5.19. The standard InChI is InChI=1S/C11H13N5O/c12-3-5-16-6-9(15-7-16)10(17)8-2-1-4-14-11(8)13/h1-2,4,6-7H,3,5,12H2,(H2,13,14). The number of ketones is 1. The third-order valence-corrected chi connectivity index (χ3v) is 2.34. The van der Waals surface area contributed by atoms with Crippen LogP contribution in [-0.4, -0.2) is 26.9 Å². The number of imidazole rings is 1. The van der Waals surface area contributed by atoms with Gasteiger partial charge in [0.2, 0.25) is 5.78 Å². The average molecular weight is 231 g/mol. The van der Waals surface area contributed by atoms with Crippen molar-refractivity contribution < 1.29 is 4.79 Å². The number of rotatable bonds is 4. The monoisotopic (exact) mass is 231 g/mol. The molecule has 2 aromatic rings. The molecule has 0 spiro atoms. The zero-order valence-corrected chi connectivity index (χ0v) is 9.21. The number of anilines is 1. The molecule has 0 bridgehead atoms. The van der Waals surface area contributed by atoms with Crippen LogP contribution in [0, 0.1) is 0 Å². The largest absolute Gasteiger partial charge is 0.383 e. The molecule has 88 valence electrons. The van der Waals surface area contributed by atoms with Gasteiger partial charge in [0.25, 0.3) is 0 Å². The van der Waals surface area contributed by atoms with Crippen molar-refractivity contribution in [1.82, 2.24) is 14.5 Å². The molecule has 0 aromatic carbocycles. The molecular formula is C11H13N5O. The van der Waals surface area contributed by atoms with E-state index in [0.717, 1.165) is 0 Å². The van der Waals surface area contributed by atoms with Crippen molar-refractivity contribution in [3.63, 3.8) is 0 Å². The summed E-state index contributed by atoms with van der Waals surface area (Å²) in [5.41, 5.74) is 11.8. The summed E-state index contributed by atoms with van der Waals surface area (Å²) in [4.78, 5) is 20.0. The number of nitrogens with two attached hydrogens (primary N) is 2. The van der Waals surface area contributed by atoms with Gasteiger partial charge < -0.3 is 16.0 Å². The molecule has 0 aliphatic carbocycles. The highest BCUT2D eigenvalue weighted by Gasteiger charge is 2.15. The Morgan fingerprint density at radius 3 is 2.94 bits per heavy atom. The van der Waals surface area contributed by atoms with Crippen molar-refractivity contribution in [2.75, 3.05) is 12.3 Å². The van der Waals surface area contributed by atoms with Crippen LogP contribution in [0.25, 0.3) is 0 Å². The fourth-order valence-electron chi connectivity index (χ4n) is 1.50. The summed E-state index contributed by atoms with van der Waals surface area (Å²) in [7, 11) is 0. The number of hydrogen-bond acceptors (Lipinski definition) is 5. The van der Waals surface area contributed by atoms with Gasteiger partial charge in [0.1, 0.15) is 11.5 Å². The molecule has 6 nitrogen and oxygen atoms in total. The molecule has 2 aromatic heterocycles. The lowest BCUT2D eigenvalue weighted by atomic mass is 10.1. The number of nitrogen functional groups attached to an aromatic ring is 1. The van der Waals surface area contributed by atoms with E-state index in [-0.39, 0.29) is 11.6 Å². The van der Waals surface area contributed by atoms with E-state index in [1.54, 1.807) is 35.4 Å². The number of carbonyl (C=O) groups is 1. The third-order valence-electron chi connectivity index (χ3n) is 2.34. The highest BCUT2D eigenvalue weighted by molar-refractivity contribution is 6.10. The molecule has 0 saturated carbocycles. The fourth-order valence-corrected chi connectivity index (χ4v) is 1.50. The lowest BCUT2D eigenvalue weighted by Crippen LogP contribution is -2.09. The second-order valence-corrected chi connectivity index (χ2v) is 3.55. The van der Waals surface area contributed by atoms with Crippen LogP contribution >= 0.6 is 0 Å². The van der Waals surface area contributed by atoms with E-state index in [9.17, 15) is 4.79 Å². The molecule has 0 saturated heterocycles. The first-order chi connectivity index (χ1) is 8.22. The molecule has 4 N–H and O–H groups in total. The third kappa shape index (κ3) is 2.31. The molecule has 0 aliphatic heterocycles. The number of pyridine rings is 1. The van der Waals surface area contributed by atoms with Crippen LogP contribution in [0.2, 0.25) is 0 Å². The smallest absolute Gasteiger partial charge is 0.216 e. The van der Waals surface area contributed by atoms with E-state index in [0.29, 0.717) is 24.3 Å². The SMILES string of the molecule is NCCn1cnc(C(=O)c2cccnc2N)c1. The van der Waals surface area contributed by atoms with Crippen LogP contribution < -0.4 is 11.5 Å². The molecule has 6 heteroatoms. The minimum Gasteiger partial charge on any atom is -0.383 e. The van der Waals surface area contributed by atoms with Gasteiger partial charge >= 0.3 is 0 Å². The van der Waals surface area contributed by atoms with Gasteiger partial charge in [-0.15, -0.1) is 0 Å². The Labute approximate surface area is 98.3 Å². The van der Waals surface area contributed by atoms with Crippen molar-refractivity contribution in [3.8, 4) is 0 Å². The number of aromatic nitrogens is 3. The summed E-state index contributed by atoms with van der Waals surface area (Å²) < 4.78 is 1.76. The fraction of sp³-hybridized carbons (Fsp3) is 0.182. The Balaban J connectivity index is 2.28. The second kappa shape index (κ2) is 4.75. The lowest BCUT2D eigenvalue weighted by Gasteiger charge is -2.00. The van der Waals surface area contributed by atoms with Crippen LogP contribution in [0.1, 0.15) is 16.1 Å². The predicted molar refractivity (Wildman–Crippen MR) is 63.4 cm³/mol. The molecular weight excluding hydrogens is 218 g/mol. The van der Waals surface area contributed by atoms with Gasteiger partial charge in [-0.2, -0.15) is 0 Å². The van der Waals surface area contributed by atoms with Gasteiger partial charge in [0, 0.05) is 25.5 Å². The summed E-state index contributed by atoms with van der Waals surface area (Å²) in [5, 5.41) is 0. The normalized spacial score (nSPS) is 10.4. The van der Waals surface area contributed by atoms with Crippen LogP contribution in [0.15, 0.2) is 30.9 Å². The van der Waals surface area contributed by atoms with Gasteiger partial charge in [0.15, 0.2) is 0 Å². The van der Waals surface area contributed by atoms with Crippen molar-refractivity contribution in [2.24, 2.45) is 5.73 Å². The Hall–Kier alpha value is -2.21. The van der Waals surface area contributed by atoms with Crippen molar-refractivity contribution in [3.05, 3.63) is 42.1 Å². The summed E-state index contributed by atoms with van der Waals surface area (Å²) in [6.07, 6.45) is 4.77. The first-order valence-corrected chi connectivity index (χ1v) is 5.19. The maximum absolute atomic E-state index is 12.1. The van der Waals surface area contributed by atoms with E-state index >= 15 is 0 Å². The van der Waals surface area contributed by atoms with Gasteiger partial charge in [-0.1, -0.05) is 0 Å².